The Hall–Kier alpha value is 0.137. The molecule has 0 N–H and O–H groups in total. The molecule has 0 saturated heterocycles. The monoisotopic (exact) mass is 354 g/mol. The maximum atomic E-state index is 6.82. The summed E-state index contributed by atoms with van der Waals surface area (Å²) < 4.78 is 13.6. The molecular formula is C21H42O2Si. The normalized spacial score (nSPS) is 35.1. The SMILES string of the molecule is CCCO[Si](OCCC)(C1CCCC(C)C1)C1CC(C)CC(C)C1. The van der Waals surface area contributed by atoms with E-state index in [1.165, 1.54) is 44.9 Å². The fourth-order valence-electron chi connectivity index (χ4n) is 5.44. The van der Waals surface area contributed by atoms with Gasteiger partial charge in [0.25, 0.3) is 0 Å². The first-order valence-corrected chi connectivity index (χ1v) is 12.8. The average Bonchev–Trinajstić information content (AvgIpc) is 2.54. The first-order valence-electron chi connectivity index (χ1n) is 10.8. The molecule has 4 unspecified atom stereocenters. The van der Waals surface area contributed by atoms with Crippen LogP contribution >= 0.6 is 0 Å². The second-order valence-electron chi connectivity index (χ2n) is 9.00. The fraction of sp³-hybridized carbons (Fsp3) is 1.00. The highest BCUT2D eigenvalue weighted by Crippen LogP contribution is 2.52. The van der Waals surface area contributed by atoms with Gasteiger partial charge in [-0.05, 0) is 62.7 Å². The zero-order valence-electron chi connectivity index (χ0n) is 17.0. The van der Waals surface area contributed by atoms with Gasteiger partial charge in [-0.2, -0.15) is 0 Å². The minimum Gasteiger partial charge on any atom is -0.394 e. The van der Waals surface area contributed by atoms with Crippen molar-refractivity contribution in [2.24, 2.45) is 17.8 Å². The molecule has 0 heterocycles. The molecular weight excluding hydrogens is 312 g/mol. The van der Waals surface area contributed by atoms with Gasteiger partial charge in [0.1, 0.15) is 0 Å². The Morgan fingerprint density at radius 3 is 1.75 bits per heavy atom. The van der Waals surface area contributed by atoms with Crippen LogP contribution in [0.2, 0.25) is 11.1 Å². The van der Waals surface area contributed by atoms with E-state index in [4.69, 9.17) is 8.85 Å². The van der Waals surface area contributed by atoms with Crippen molar-refractivity contribution >= 4 is 8.56 Å². The summed E-state index contributed by atoms with van der Waals surface area (Å²) in [6, 6.07) is 0. The predicted molar refractivity (Wildman–Crippen MR) is 106 cm³/mol. The van der Waals surface area contributed by atoms with Crippen molar-refractivity contribution in [1.82, 2.24) is 0 Å². The molecule has 24 heavy (non-hydrogen) atoms. The van der Waals surface area contributed by atoms with Gasteiger partial charge in [-0.3, -0.25) is 0 Å². The molecule has 2 saturated carbocycles. The highest BCUT2D eigenvalue weighted by Gasteiger charge is 2.54. The molecule has 0 aromatic rings. The first kappa shape index (κ1) is 20.4. The van der Waals surface area contributed by atoms with Crippen LogP contribution in [0.3, 0.4) is 0 Å². The summed E-state index contributed by atoms with van der Waals surface area (Å²) in [5.74, 6) is 2.52. The Morgan fingerprint density at radius 1 is 0.708 bits per heavy atom. The molecule has 142 valence electrons. The molecule has 0 aromatic carbocycles. The van der Waals surface area contributed by atoms with E-state index in [0.29, 0.717) is 5.54 Å². The summed E-state index contributed by atoms with van der Waals surface area (Å²) >= 11 is 0. The number of rotatable bonds is 8. The van der Waals surface area contributed by atoms with E-state index >= 15 is 0 Å². The zero-order chi connectivity index (χ0) is 17.6. The van der Waals surface area contributed by atoms with E-state index in [1.54, 1.807) is 0 Å². The molecule has 0 amide bonds. The fourth-order valence-corrected chi connectivity index (χ4v) is 11.0. The second-order valence-corrected chi connectivity index (χ2v) is 12.7. The van der Waals surface area contributed by atoms with Gasteiger partial charge in [-0.1, -0.05) is 47.5 Å². The molecule has 2 nitrogen and oxygen atoms in total. The molecule has 2 aliphatic rings. The van der Waals surface area contributed by atoms with Gasteiger partial charge in [0, 0.05) is 24.3 Å². The van der Waals surface area contributed by atoms with Gasteiger partial charge in [0.2, 0.25) is 0 Å². The molecule has 0 bridgehead atoms. The maximum Gasteiger partial charge on any atom is 0.344 e. The standard InChI is InChI=1S/C21H42O2Si/c1-6-11-22-24(23-12-7-2,20-10-8-9-17(3)14-20)21-15-18(4)13-19(5)16-21/h17-21H,6-16H2,1-5H3. The van der Waals surface area contributed by atoms with Gasteiger partial charge in [-0.15, -0.1) is 0 Å². The topological polar surface area (TPSA) is 18.5 Å². The quantitative estimate of drug-likeness (QED) is 0.452. The van der Waals surface area contributed by atoms with E-state index in [-0.39, 0.29) is 0 Å². The Balaban J connectivity index is 2.27. The van der Waals surface area contributed by atoms with Crippen molar-refractivity contribution in [1.29, 1.82) is 0 Å². The Kier molecular flexibility index (Phi) is 8.29. The largest absolute Gasteiger partial charge is 0.394 e. The van der Waals surface area contributed by atoms with E-state index in [2.05, 4.69) is 34.6 Å². The Morgan fingerprint density at radius 2 is 1.25 bits per heavy atom. The molecule has 2 rings (SSSR count). The molecule has 4 atom stereocenters. The lowest BCUT2D eigenvalue weighted by atomic mass is 9.83. The summed E-state index contributed by atoms with van der Waals surface area (Å²) in [5.41, 5.74) is 1.44. The lowest BCUT2D eigenvalue weighted by Crippen LogP contribution is -2.54. The zero-order valence-corrected chi connectivity index (χ0v) is 18.0. The van der Waals surface area contributed by atoms with E-state index < -0.39 is 8.56 Å². The molecule has 0 radical (unpaired) electrons. The van der Waals surface area contributed by atoms with Gasteiger partial charge in [0.15, 0.2) is 0 Å². The van der Waals surface area contributed by atoms with Gasteiger partial charge in [0.05, 0.1) is 0 Å². The molecule has 0 aromatic heterocycles. The predicted octanol–water partition coefficient (Wildman–Crippen LogP) is 6.69. The van der Waals surface area contributed by atoms with E-state index in [0.717, 1.165) is 49.4 Å². The van der Waals surface area contributed by atoms with Crippen LogP contribution in [0.4, 0.5) is 0 Å². The summed E-state index contributed by atoms with van der Waals surface area (Å²) in [6.45, 7) is 13.6. The van der Waals surface area contributed by atoms with Crippen molar-refractivity contribution in [3.63, 3.8) is 0 Å². The smallest absolute Gasteiger partial charge is 0.344 e. The van der Waals surface area contributed by atoms with Crippen LogP contribution in [0.5, 0.6) is 0 Å². The number of hydrogen-bond acceptors (Lipinski definition) is 2. The van der Waals surface area contributed by atoms with Gasteiger partial charge < -0.3 is 8.85 Å². The molecule has 3 heteroatoms. The number of hydrogen-bond donors (Lipinski definition) is 0. The van der Waals surface area contributed by atoms with Crippen molar-refractivity contribution in [3.05, 3.63) is 0 Å². The third kappa shape index (κ3) is 5.08. The van der Waals surface area contributed by atoms with Crippen molar-refractivity contribution < 1.29 is 8.85 Å². The molecule has 0 aliphatic heterocycles. The minimum absolute atomic E-state index is 0.713. The molecule has 2 aliphatic carbocycles. The van der Waals surface area contributed by atoms with Crippen LogP contribution < -0.4 is 0 Å². The van der Waals surface area contributed by atoms with Crippen LogP contribution in [0, 0.1) is 17.8 Å². The van der Waals surface area contributed by atoms with Gasteiger partial charge >= 0.3 is 8.56 Å². The summed E-state index contributed by atoms with van der Waals surface area (Å²) in [6.07, 6.45) is 11.8. The summed E-state index contributed by atoms with van der Waals surface area (Å²) in [5, 5.41) is 0. The Bertz CT molecular complexity index is 342. The van der Waals surface area contributed by atoms with Crippen LogP contribution in [-0.4, -0.2) is 21.8 Å². The third-order valence-corrected chi connectivity index (χ3v) is 10.9. The summed E-state index contributed by atoms with van der Waals surface area (Å²) in [4.78, 5) is 0. The minimum atomic E-state index is -2.16. The highest BCUT2D eigenvalue weighted by molar-refractivity contribution is 6.70. The van der Waals surface area contributed by atoms with Crippen molar-refractivity contribution in [2.75, 3.05) is 13.2 Å². The highest BCUT2D eigenvalue weighted by atomic mass is 28.4. The summed E-state index contributed by atoms with van der Waals surface area (Å²) in [7, 11) is -2.16. The average molecular weight is 355 g/mol. The van der Waals surface area contributed by atoms with E-state index in [9.17, 15) is 0 Å². The van der Waals surface area contributed by atoms with Crippen LogP contribution in [0.25, 0.3) is 0 Å². The van der Waals surface area contributed by atoms with E-state index in [1.807, 2.05) is 0 Å². The lowest BCUT2D eigenvalue weighted by Gasteiger charge is -2.48. The Labute approximate surface area is 152 Å². The first-order chi connectivity index (χ1) is 11.5. The van der Waals surface area contributed by atoms with Crippen molar-refractivity contribution in [2.45, 2.75) is 103 Å². The third-order valence-electron chi connectivity index (χ3n) is 6.32. The van der Waals surface area contributed by atoms with Crippen molar-refractivity contribution in [3.8, 4) is 0 Å². The van der Waals surface area contributed by atoms with Crippen LogP contribution in [0.1, 0.15) is 92.4 Å². The maximum absolute atomic E-state index is 6.82. The van der Waals surface area contributed by atoms with Crippen LogP contribution in [-0.2, 0) is 8.85 Å². The molecule has 0 spiro atoms. The molecule has 2 fully saturated rings. The second kappa shape index (κ2) is 9.73. The lowest BCUT2D eigenvalue weighted by molar-refractivity contribution is 0.120. The van der Waals surface area contributed by atoms with Gasteiger partial charge in [-0.25, -0.2) is 0 Å². The van der Waals surface area contributed by atoms with Crippen LogP contribution in [0.15, 0.2) is 0 Å².